The fourth-order valence-corrected chi connectivity index (χ4v) is 1.18. The number of hydrogen-bond donors (Lipinski definition) is 2. The highest BCUT2D eigenvalue weighted by Crippen LogP contribution is 2.25. The Kier molecular flexibility index (Phi) is 3.38. The summed E-state index contributed by atoms with van der Waals surface area (Å²) in [6.45, 7) is 3.63. The highest BCUT2D eigenvalue weighted by Gasteiger charge is 1.99. The molecule has 0 saturated heterocycles. The van der Waals surface area contributed by atoms with E-state index < -0.39 is 0 Å². The average molecular weight is 178 g/mol. The van der Waals surface area contributed by atoms with E-state index in [2.05, 4.69) is 6.58 Å². The molecule has 0 unspecified atom stereocenters. The van der Waals surface area contributed by atoms with E-state index >= 15 is 0 Å². The van der Waals surface area contributed by atoms with E-state index in [9.17, 15) is 5.11 Å². The molecule has 0 atom stereocenters. The van der Waals surface area contributed by atoms with Crippen LogP contribution in [0.4, 0.5) is 0 Å². The van der Waals surface area contributed by atoms with Crippen molar-refractivity contribution in [3.05, 3.63) is 36.4 Å². The van der Waals surface area contributed by atoms with Crippen LogP contribution in [-0.2, 0) is 6.42 Å². The molecule has 1 rings (SSSR count). The van der Waals surface area contributed by atoms with Gasteiger partial charge in [0.25, 0.3) is 0 Å². The third-order valence-corrected chi connectivity index (χ3v) is 1.91. The molecular weight excluding hydrogens is 164 g/mol. The second-order valence-corrected chi connectivity index (χ2v) is 3.00. The van der Waals surface area contributed by atoms with E-state index in [1.165, 1.54) is 6.07 Å². The molecule has 0 aliphatic carbocycles. The summed E-state index contributed by atoms with van der Waals surface area (Å²) in [5.74, 6) is -0.108. The van der Waals surface area contributed by atoms with Gasteiger partial charge in [-0.05, 0) is 37.0 Å². The summed E-state index contributed by atoms with van der Waals surface area (Å²) >= 11 is 0. The molecule has 0 aromatic heterocycles. The minimum absolute atomic E-state index is 0.0453. The van der Waals surface area contributed by atoms with Crippen molar-refractivity contribution < 1.29 is 10.2 Å². The van der Waals surface area contributed by atoms with Crippen LogP contribution in [0.25, 0.3) is 0 Å². The molecule has 0 saturated carbocycles. The van der Waals surface area contributed by atoms with Gasteiger partial charge in [0.15, 0.2) is 11.5 Å². The third kappa shape index (κ3) is 2.82. The van der Waals surface area contributed by atoms with Crippen molar-refractivity contribution in [2.45, 2.75) is 19.3 Å². The first-order chi connectivity index (χ1) is 6.24. The standard InChI is InChI=1S/C11H14O2/c1-2-3-4-5-9-6-7-10(12)11(13)8-9/h2,6-8,12-13H,1,3-5H2. The van der Waals surface area contributed by atoms with E-state index in [4.69, 9.17) is 5.11 Å². The SMILES string of the molecule is C=CCCCc1ccc(O)c(O)c1. The molecule has 0 aliphatic heterocycles. The maximum atomic E-state index is 9.19. The van der Waals surface area contributed by atoms with Crippen LogP contribution in [0.5, 0.6) is 11.5 Å². The van der Waals surface area contributed by atoms with Crippen molar-refractivity contribution in [1.29, 1.82) is 0 Å². The molecule has 70 valence electrons. The molecule has 2 nitrogen and oxygen atoms in total. The van der Waals surface area contributed by atoms with Gasteiger partial charge in [0.05, 0.1) is 0 Å². The van der Waals surface area contributed by atoms with Gasteiger partial charge in [0, 0.05) is 0 Å². The van der Waals surface area contributed by atoms with Gasteiger partial charge in [-0.1, -0.05) is 12.1 Å². The minimum Gasteiger partial charge on any atom is -0.504 e. The normalized spacial score (nSPS) is 9.85. The molecule has 0 aliphatic rings. The Labute approximate surface area is 78.2 Å². The molecule has 0 radical (unpaired) electrons. The molecular formula is C11H14O2. The monoisotopic (exact) mass is 178 g/mol. The molecule has 1 aromatic rings. The Morgan fingerprint density at radius 2 is 2.00 bits per heavy atom. The van der Waals surface area contributed by atoms with Gasteiger partial charge in [-0.2, -0.15) is 0 Å². The Morgan fingerprint density at radius 1 is 1.23 bits per heavy atom. The lowest BCUT2D eigenvalue weighted by molar-refractivity contribution is 0.403. The zero-order valence-electron chi connectivity index (χ0n) is 7.53. The van der Waals surface area contributed by atoms with E-state index in [0.717, 1.165) is 24.8 Å². The lowest BCUT2D eigenvalue weighted by Crippen LogP contribution is -1.83. The van der Waals surface area contributed by atoms with Gasteiger partial charge in [-0.15, -0.1) is 6.58 Å². The first kappa shape index (κ1) is 9.65. The van der Waals surface area contributed by atoms with Crippen molar-refractivity contribution in [3.63, 3.8) is 0 Å². The number of phenolic OH excluding ortho intramolecular Hbond substituents is 2. The number of rotatable bonds is 4. The van der Waals surface area contributed by atoms with Gasteiger partial charge in [-0.3, -0.25) is 0 Å². The van der Waals surface area contributed by atoms with Crippen LogP contribution in [-0.4, -0.2) is 10.2 Å². The molecule has 0 spiro atoms. The number of aryl methyl sites for hydroxylation is 1. The van der Waals surface area contributed by atoms with Crippen LogP contribution in [0.3, 0.4) is 0 Å². The highest BCUT2D eigenvalue weighted by atomic mass is 16.3. The molecule has 0 bridgehead atoms. The maximum absolute atomic E-state index is 9.19. The second-order valence-electron chi connectivity index (χ2n) is 3.00. The lowest BCUT2D eigenvalue weighted by Gasteiger charge is -2.01. The van der Waals surface area contributed by atoms with Gasteiger partial charge in [0.1, 0.15) is 0 Å². The largest absolute Gasteiger partial charge is 0.504 e. The van der Waals surface area contributed by atoms with Gasteiger partial charge in [-0.25, -0.2) is 0 Å². The van der Waals surface area contributed by atoms with Crippen LogP contribution in [0.15, 0.2) is 30.9 Å². The first-order valence-electron chi connectivity index (χ1n) is 4.36. The summed E-state index contributed by atoms with van der Waals surface area (Å²) in [7, 11) is 0. The predicted octanol–water partition coefficient (Wildman–Crippen LogP) is 2.61. The molecule has 1 aromatic carbocycles. The fourth-order valence-electron chi connectivity index (χ4n) is 1.18. The molecule has 2 N–H and O–H groups in total. The van der Waals surface area contributed by atoms with Gasteiger partial charge < -0.3 is 10.2 Å². The Balaban J connectivity index is 2.57. The van der Waals surface area contributed by atoms with Crippen LogP contribution >= 0.6 is 0 Å². The predicted molar refractivity (Wildman–Crippen MR) is 52.9 cm³/mol. The Bertz CT molecular complexity index is 292. The number of allylic oxidation sites excluding steroid dienone is 1. The van der Waals surface area contributed by atoms with Crippen LogP contribution < -0.4 is 0 Å². The summed E-state index contributed by atoms with van der Waals surface area (Å²) in [5, 5.41) is 18.2. The molecule has 0 amide bonds. The van der Waals surface area contributed by atoms with Crippen molar-refractivity contribution in [2.24, 2.45) is 0 Å². The lowest BCUT2D eigenvalue weighted by atomic mass is 10.1. The molecule has 13 heavy (non-hydrogen) atoms. The van der Waals surface area contributed by atoms with E-state index in [1.54, 1.807) is 6.07 Å². The van der Waals surface area contributed by atoms with E-state index in [0.29, 0.717) is 0 Å². The molecule has 2 heteroatoms. The molecule has 0 fully saturated rings. The van der Waals surface area contributed by atoms with Crippen molar-refractivity contribution >= 4 is 0 Å². The molecule has 0 heterocycles. The summed E-state index contributed by atoms with van der Waals surface area (Å²) in [6.07, 6.45) is 4.77. The number of phenols is 2. The quantitative estimate of drug-likeness (QED) is 0.422. The summed E-state index contributed by atoms with van der Waals surface area (Å²) in [5.41, 5.74) is 1.04. The third-order valence-electron chi connectivity index (χ3n) is 1.91. The Hall–Kier alpha value is -1.44. The van der Waals surface area contributed by atoms with Crippen LogP contribution in [0.2, 0.25) is 0 Å². The zero-order chi connectivity index (χ0) is 9.68. The van der Waals surface area contributed by atoms with E-state index in [-0.39, 0.29) is 11.5 Å². The summed E-state index contributed by atoms with van der Waals surface area (Å²) in [4.78, 5) is 0. The van der Waals surface area contributed by atoms with Crippen LogP contribution in [0, 0.1) is 0 Å². The summed E-state index contributed by atoms with van der Waals surface area (Å²) in [6, 6.07) is 4.93. The maximum Gasteiger partial charge on any atom is 0.157 e. The smallest absolute Gasteiger partial charge is 0.157 e. The number of hydrogen-bond acceptors (Lipinski definition) is 2. The fraction of sp³-hybridized carbons (Fsp3) is 0.273. The number of benzene rings is 1. The zero-order valence-corrected chi connectivity index (χ0v) is 7.53. The Morgan fingerprint density at radius 3 is 2.62 bits per heavy atom. The number of aromatic hydroxyl groups is 2. The van der Waals surface area contributed by atoms with Crippen molar-refractivity contribution in [1.82, 2.24) is 0 Å². The van der Waals surface area contributed by atoms with Crippen molar-refractivity contribution in [3.8, 4) is 11.5 Å². The average Bonchev–Trinajstić information content (AvgIpc) is 2.12. The highest BCUT2D eigenvalue weighted by molar-refractivity contribution is 5.40. The topological polar surface area (TPSA) is 40.5 Å². The first-order valence-corrected chi connectivity index (χ1v) is 4.36. The summed E-state index contributed by atoms with van der Waals surface area (Å²) < 4.78 is 0. The van der Waals surface area contributed by atoms with E-state index in [1.807, 2.05) is 12.1 Å². The number of unbranched alkanes of at least 4 members (excludes halogenated alkanes) is 1. The van der Waals surface area contributed by atoms with Crippen LogP contribution in [0.1, 0.15) is 18.4 Å². The van der Waals surface area contributed by atoms with Crippen molar-refractivity contribution in [2.75, 3.05) is 0 Å². The minimum atomic E-state index is -0.0625. The second kappa shape index (κ2) is 4.55. The van der Waals surface area contributed by atoms with Gasteiger partial charge in [0.2, 0.25) is 0 Å². The van der Waals surface area contributed by atoms with Gasteiger partial charge >= 0.3 is 0 Å².